The summed E-state index contributed by atoms with van der Waals surface area (Å²) in [5, 5.41) is 0. The molecule has 0 aliphatic rings. The molecular formula is C15H22N2O3S. The molecule has 0 aromatic heterocycles. The second-order valence-electron chi connectivity index (χ2n) is 4.47. The maximum Gasteiger partial charge on any atom is 0.243 e. The fourth-order valence-corrected chi connectivity index (χ4v) is 3.39. The lowest BCUT2D eigenvalue weighted by Gasteiger charge is -2.20. The maximum absolute atomic E-state index is 12.6. The molecule has 0 saturated heterocycles. The van der Waals surface area contributed by atoms with E-state index >= 15 is 0 Å². The summed E-state index contributed by atoms with van der Waals surface area (Å²) >= 11 is 0. The van der Waals surface area contributed by atoms with Crippen LogP contribution in [0.15, 0.2) is 23.1 Å². The monoisotopic (exact) mass is 310 g/mol. The number of likely N-dealkylation sites (N-methyl/N-ethyl adjacent to an activating group) is 1. The van der Waals surface area contributed by atoms with E-state index in [-0.39, 0.29) is 11.4 Å². The van der Waals surface area contributed by atoms with Crippen molar-refractivity contribution >= 4 is 10.0 Å². The van der Waals surface area contributed by atoms with E-state index in [2.05, 4.69) is 11.8 Å². The first kappa shape index (κ1) is 17.7. The Kier molecular flexibility index (Phi) is 6.85. The van der Waals surface area contributed by atoms with Crippen LogP contribution in [0, 0.1) is 18.8 Å². The van der Waals surface area contributed by atoms with Crippen molar-refractivity contribution in [3.8, 4) is 11.8 Å². The quantitative estimate of drug-likeness (QED) is 0.795. The van der Waals surface area contributed by atoms with Gasteiger partial charge in [0.05, 0.1) is 18.0 Å². The molecule has 0 atom stereocenters. The van der Waals surface area contributed by atoms with Gasteiger partial charge in [0.25, 0.3) is 0 Å². The molecule has 0 aliphatic carbocycles. The summed E-state index contributed by atoms with van der Waals surface area (Å²) in [7, 11) is -1.95. The number of sulfonamides is 1. The summed E-state index contributed by atoms with van der Waals surface area (Å²) in [5.74, 6) is 5.69. The van der Waals surface area contributed by atoms with Gasteiger partial charge in [-0.1, -0.05) is 18.8 Å². The molecular weight excluding hydrogens is 288 g/mol. The van der Waals surface area contributed by atoms with Crippen molar-refractivity contribution in [1.29, 1.82) is 0 Å². The lowest BCUT2D eigenvalue weighted by Crippen LogP contribution is -2.33. The first-order chi connectivity index (χ1) is 9.97. The standard InChI is InChI=1S/C15H22N2O3S/c1-4-17(10-11-20-3)21(18,19)15-8-7-14(6-5-9-16)13(2)12-15/h7-8,12H,4,9-11,16H2,1-3H3. The Morgan fingerprint density at radius 1 is 1.38 bits per heavy atom. The van der Waals surface area contributed by atoms with E-state index in [4.69, 9.17) is 10.5 Å². The van der Waals surface area contributed by atoms with E-state index in [0.29, 0.717) is 19.7 Å². The average Bonchev–Trinajstić information content (AvgIpc) is 2.46. The van der Waals surface area contributed by atoms with Crippen LogP contribution >= 0.6 is 0 Å². The summed E-state index contributed by atoms with van der Waals surface area (Å²) in [6.45, 7) is 5.03. The van der Waals surface area contributed by atoms with Gasteiger partial charge in [-0.2, -0.15) is 4.31 Å². The Hall–Kier alpha value is -1.39. The van der Waals surface area contributed by atoms with Gasteiger partial charge in [0, 0.05) is 25.8 Å². The van der Waals surface area contributed by atoms with E-state index in [1.165, 1.54) is 4.31 Å². The minimum Gasteiger partial charge on any atom is -0.383 e. The van der Waals surface area contributed by atoms with Crippen LogP contribution < -0.4 is 5.73 Å². The summed E-state index contributed by atoms with van der Waals surface area (Å²) < 4.78 is 31.5. The van der Waals surface area contributed by atoms with Crippen LogP contribution in [0.1, 0.15) is 18.1 Å². The van der Waals surface area contributed by atoms with Crippen molar-refractivity contribution in [3.05, 3.63) is 29.3 Å². The highest BCUT2D eigenvalue weighted by Crippen LogP contribution is 2.19. The SMILES string of the molecule is CCN(CCOC)S(=O)(=O)c1ccc(C#CCN)c(C)c1. The fraction of sp³-hybridized carbons (Fsp3) is 0.467. The van der Waals surface area contributed by atoms with Crippen LogP contribution in [-0.2, 0) is 14.8 Å². The molecule has 6 heteroatoms. The zero-order chi connectivity index (χ0) is 15.9. The van der Waals surface area contributed by atoms with Crippen molar-refractivity contribution in [2.45, 2.75) is 18.7 Å². The van der Waals surface area contributed by atoms with Crippen molar-refractivity contribution in [1.82, 2.24) is 4.31 Å². The number of nitrogens with two attached hydrogens (primary N) is 1. The molecule has 0 bridgehead atoms. The predicted octanol–water partition coefficient (Wildman–Crippen LogP) is 0.962. The molecule has 0 fully saturated rings. The molecule has 5 nitrogen and oxygen atoms in total. The highest BCUT2D eigenvalue weighted by Gasteiger charge is 2.23. The minimum absolute atomic E-state index is 0.274. The maximum atomic E-state index is 12.6. The molecule has 0 spiro atoms. The van der Waals surface area contributed by atoms with E-state index < -0.39 is 10.0 Å². The van der Waals surface area contributed by atoms with Crippen LogP contribution in [0.4, 0.5) is 0 Å². The summed E-state index contributed by atoms with van der Waals surface area (Å²) in [6.07, 6.45) is 0. The minimum atomic E-state index is -3.50. The molecule has 0 amide bonds. The van der Waals surface area contributed by atoms with Gasteiger partial charge in [0.2, 0.25) is 10.0 Å². The van der Waals surface area contributed by atoms with Crippen molar-refractivity contribution in [2.24, 2.45) is 5.73 Å². The topological polar surface area (TPSA) is 72.6 Å². The summed E-state index contributed by atoms with van der Waals surface area (Å²) in [4.78, 5) is 0.274. The van der Waals surface area contributed by atoms with Crippen molar-refractivity contribution < 1.29 is 13.2 Å². The number of nitrogens with zero attached hydrogens (tertiary/aromatic N) is 1. The normalized spacial score (nSPS) is 11.3. The van der Waals surface area contributed by atoms with Crippen LogP contribution in [0.25, 0.3) is 0 Å². The summed E-state index contributed by atoms with van der Waals surface area (Å²) in [6, 6.07) is 4.94. The molecule has 116 valence electrons. The van der Waals surface area contributed by atoms with Crippen LogP contribution in [0.3, 0.4) is 0 Å². The molecule has 1 aromatic rings. The second-order valence-corrected chi connectivity index (χ2v) is 6.41. The second kappa shape index (κ2) is 8.15. The highest BCUT2D eigenvalue weighted by atomic mass is 32.2. The lowest BCUT2D eigenvalue weighted by molar-refractivity contribution is 0.180. The smallest absolute Gasteiger partial charge is 0.243 e. The first-order valence-electron chi connectivity index (χ1n) is 6.76. The number of hydrogen-bond donors (Lipinski definition) is 1. The summed E-state index contributed by atoms with van der Waals surface area (Å²) in [5.41, 5.74) is 6.95. The number of hydrogen-bond acceptors (Lipinski definition) is 4. The molecule has 0 aliphatic heterocycles. The molecule has 1 rings (SSSR count). The Labute approximate surface area is 127 Å². The van der Waals surface area contributed by atoms with Gasteiger partial charge in [-0.3, -0.25) is 0 Å². The number of methoxy groups -OCH3 is 1. The van der Waals surface area contributed by atoms with E-state index in [1.807, 2.05) is 6.92 Å². The number of benzene rings is 1. The van der Waals surface area contributed by atoms with Crippen LogP contribution in [-0.4, -0.2) is 46.1 Å². The third-order valence-corrected chi connectivity index (χ3v) is 5.03. The molecule has 0 heterocycles. The van der Waals surface area contributed by atoms with Gasteiger partial charge in [-0.25, -0.2) is 8.42 Å². The molecule has 2 N–H and O–H groups in total. The number of aryl methyl sites for hydroxylation is 1. The Morgan fingerprint density at radius 2 is 2.10 bits per heavy atom. The average molecular weight is 310 g/mol. The Morgan fingerprint density at radius 3 is 2.62 bits per heavy atom. The third kappa shape index (κ3) is 4.55. The predicted molar refractivity (Wildman–Crippen MR) is 83.4 cm³/mol. The molecule has 0 radical (unpaired) electrons. The van der Waals surface area contributed by atoms with Gasteiger partial charge in [0.15, 0.2) is 0 Å². The lowest BCUT2D eigenvalue weighted by atomic mass is 10.1. The van der Waals surface area contributed by atoms with E-state index in [9.17, 15) is 8.42 Å². The van der Waals surface area contributed by atoms with Crippen LogP contribution in [0.5, 0.6) is 0 Å². The Bertz CT molecular complexity index is 630. The highest BCUT2D eigenvalue weighted by molar-refractivity contribution is 7.89. The molecule has 1 aromatic carbocycles. The Balaban J connectivity index is 3.11. The zero-order valence-corrected chi connectivity index (χ0v) is 13.5. The van der Waals surface area contributed by atoms with Gasteiger partial charge < -0.3 is 10.5 Å². The fourth-order valence-electron chi connectivity index (χ4n) is 1.87. The number of ether oxygens (including phenoxy) is 1. The van der Waals surface area contributed by atoms with Gasteiger partial charge >= 0.3 is 0 Å². The molecule has 21 heavy (non-hydrogen) atoms. The van der Waals surface area contributed by atoms with Gasteiger partial charge in [-0.05, 0) is 30.7 Å². The zero-order valence-electron chi connectivity index (χ0n) is 12.7. The van der Waals surface area contributed by atoms with Crippen molar-refractivity contribution in [3.63, 3.8) is 0 Å². The molecule has 0 unspecified atom stereocenters. The largest absolute Gasteiger partial charge is 0.383 e. The van der Waals surface area contributed by atoms with E-state index in [1.54, 1.807) is 32.2 Å². The van der Waals surface area contributed by atoms with E-state index in [0.717, 1.165) is 11.1 Å². The third-order valence-electron chi connectivity index (χ3n) is 3.06. The van der Waals surface area contributed by atoms with Gasteiger partial charge in [-0.15, -0.1) is 0 Å². The van der Waals surface area contributed by atoms with Crippen LogP contribution in [0.2, 0.25) is 0 Å². The van der Waals surface area contributed by atoms with Gasteiger partial charge in [0.1, 0.15) is 0 Å². The molecule has 0 saturated carbocycles. The van der Waals surface area contributed by atoms with Crippen molar-refractivity contribution in [2.75, 3.05) is 33.4 Å². The number of rotatable bonds is 6. The first-order valence-corrected chi connectivity index (χ1v) is 8.20.